The Bertz CT molecular complexity index is 604. The molecule has 0 aliphatic heterocycles. The van der Waals surface area contributed by atoms with Crippen LogP contribution in [0.3, 0.4) is 0 Å². The summed E-state index contributed by atoms with van der Waals surface area (Å²) < 4.78 is 1.79. The van der Waals surface area contributed by atoms with E-state index in [2.05, 4.69) is 41.6 Å². The quantitative estimate of drug-likeness (QED) is 0.830. The largest absolute Gasteiger partial charge is 0.389 e. The molecule has 0 bridgehead atoms. The molecule has 1 heterocycles. The van der Waals surface area contributed by atoms with Crippen LogP contribution in [0.4, 0.5) is 5.82 Å². The standard InChI is InChI=1S/C15H20N4S/c1-10(12-7-5-4-6-8-12)9-17-15-13(14(16)20)11(2)18-19(15)3/h4-8,10,17H,9H2,1-3H3,(H2,16,20). The highest BCUT2D eigenvalue weighted by Gasteiger charge is 2.16. The lowest BCUT2D eigenvalue weighted by Crippen LogP contribution is -2.17. The minimum absolute atomic E-state index is 0.380. The highest BCUT2D eigenvalue weighted by molar-refractivity contribution is 7.80. The smallest absolute Gasteiger partial charge is 0.134 e. The summed E-state index contributed by atoms with van der Waals surface area (Å²) in [6, 6.07) is 10.4. The molecule has 5 heteroatoms. The van der Waals surface area contributed by atoms with Gasteiger partial charge in [-0.1, -0.05) is 49.5 Å². The molecule has 0 saturated carbocycles. The SMILES string of the molecule is Cc1nn(C)c(NCC(C)c2ccccc2)c1C(N)=S. The second-order valence-electron chi connectivity index (χ2n) is 4.99. The Balaban J connectivity index is 2.14. The monoisotopic (exact) mass is 288 g/mol. The first-order valence-electron chi connectivity index (χ1n) is 6.63. The van der Waals surface area contributed by atoms with Crippen LogP contribution in [-0.2, 0) is 7.05 Å². The second kappa shape index (κ2) is 6.05. The average Bonchev–Trinajstić information content (AvgIpc) is 2.71. The van der Waals surface area contributed by atoms with E-state index in [0.29, 0.717) is 10.9 Å². The zero-order valence-electron chi connectivity index (χ0n) is 12.1. The summed E-state index contributed by atoms with van der Waals surface area (Å²) in [5, 5.41) is 7.78. The molecule has 0 aliphatic rings. The molecule has 106 valence electrons. The molecule has 1 atom stereocenters. The Morgan fingerprint density at radius 1 is 1.40 bits per heavy atom. The molecule has 20 heavy (non-hydrogen) atoms. The maximum Gasteiger partial charge on any atom is 0.134 e. The predicted molar refractivity (Wildman–Crippen MR) is 87.2 cm³/mol. The summed E-state index contributed by atoms with van der Waals surface area (Å²) in [5.74, 6) is 1.28. The van der Waals surface area contributed by atoms with Crippen molar-refractivity contribution in [2.45, 2.75) is 19.8 Å². The molecule has 0 saturated heterocycles. The van der Waals surface area contributed by atoms with E-state index in [4.69, 9.17) is 18.0 Å². The second-order valence-corrected chi connectivity index (χ2v) is 5.43. The van der Waals surface area contributed by atoms with Gasteiger partial charge in [-0.3, -0.25) is 4.68 Å². The van der Waals surface area contributed by atoms with E-state index in [1.54, 1.807) is 4.68 Å². The van der Waals surface area contributed by atoms with Crippen molar-refractivity contribution in [2.75, 3.05) is 11.9 Å². The fourth-order valence-electron chi connectivity index (χ4n) is 2.31. The lowest BCUT2D eigenvalue weighted by Gasteiger charge is -2.15. The first-order chi connectivity index (χ1) is 9.50. The molecule has 0 spiro atoms. The summed E-state index contributed by atoms with van der Waals surface area (Å²) in [5.41, 5.74) is 8.78. The summed E-state index contributed by atoms with van der Waals surface area (Å²) in [7, 11) is 1.89. The fourth-order valence-corrected chi connectivity index (χ4v) is 2.55. The van der Waals surface area contributed by atoms with E-state index < -0.39 is 0 Å². The minimum Gasteiger partial charge on any atom is -0.389 e. The van der Waals surface area contributed by atoms with Crippen molar-refractivity contribution in [2.24, 2.45) is 12.8 Å². The third-order valence-corrected chi connectivity index (χ3v) is 3.62. The molecular formula is C15H20N4S. The highest BCUT2D eigenvalue weighted by Crippen LogP contribution is 2.21. The molecule has 2 aromatic rings. The molecule has 4 nitrogen and oxygen atoms in total. The van der Waals surface area contributed by atoms with Crippen molar-refractivity contribution >= 4 is 23.0 Å². The summed E-state index contributed by atoms with van der Waals surface area (Å²) >= 11 is 5.11. The van der Waals surface area contributed by atoms with E-state index in [0.717, 1.165) is 23.6 Å². The van der Waals surface area contributed by atoms with E-state index in [1.807, 2.05) is 20.0 Å². The normalized spacial score (nSPS) is 12.2. The van der Waals surface area contributed by atoms with E-state index in [-0.39, 0.29) is 0 Å². The van der Waals surface area contributed by atoms with Crippen molar-refractivity contribution in [3.63, 3.8) is 0 Å². The number of aryl methyl sites for hydroxylation is 2. The third-order valence-electron chi connectivity index (χ3n) is 3.41. The van der Waals surface area contributed by atoms with Crippen LogP contribution >= 0.6 is 12.2 Å². The third kappa shape index (κ3) is 2.99. The number of hydrogen-bond acceptors (Lipinski definition) is 3. The Morgan fingerprint density at radius 2 is 2.05 bits per heavy atom. The number of nitrogens with zero attached hydrogens (tertiary/aromatic N) is 2. The number of hydrogen-bond donors (Lipinski definition) is 2. The van der Waals surface area contributed by atoms with Gasteiger partial charge in [0.1, 0.15) is 10.8 Å². The molecule has 3 N–H and O–H groups in total. The zero-order valence-corrected chi connectivity index (χ0v) is 12.9. The summed E-state index contributed by atoms with van der Waals surface area (Å²) in [6.07, 6.45) is 0. The maximum atomic E-state index is 5.78. The van der Waals surface area contributed by atoms with Crippen molar-refractivity contribution in [3.8, 4) is 0 Å². The maximum absolute atomic E-state index is 5.78. The van der Waals surface area contributed by atoms with E-state index >= 15 is 0 Å². The van der Waals surface area contributed by atoms with Gasteiger partial charge in [0, 0.05) is 13.6 Å². The van der Waals surface area contributed by atoms with Gasteiger partial charge in [0.25, 0.3) is 0 Å². The van der Waals surface area contributed by atoms with Crippen LogP contribution < -0.4 is 11.1 Å². The van der Waals surface area contributed by atoms with Crippen molar-refractivity contribution in [1.29, 1.82) is 0 Å². The number of rotatable bonds is 5. The van der Waals surface area contributed by atoms with Crippen molar-refractivity contribution in [1.82, 2.24) is 9.78 Å². The van der Waals surface area contributed by atoms with E-state index in [9.17, 15) is 0 Å². The number of nitrogens with two attached hydrogens (primary N) is 1. The summed E-state index contributed by atoms with van der Waals surface area (Å²) in [4.78, 5) is 0.380. The zero-order chi connectivity index (χ0) is 14.7. The van der Waals surface area contributed by atoms with Crippen LogP contribution in [-0.4, -0.2) is 21.3 Å². The number of nitrogens with one attached hydrogen (secondary N) is 1. The van der Waals surface area contributed by atoms with Crippen molar-refractivity contribution < 1.29 is 0 Å². The topological polar surface area (TPSA) is 55.9 Å². The number of benzene rings is 1. The van der Waals surface area contributed by atoms with Crippen LogP contribution in [0.5, 0.6) is 0 Å². The molecular weight excluding hydrogens is 268 g/mol. The molecule has 0 amide bonds. The molecule has 1 unspecified atom stereocenters. The number of aromatic nitrogens is 2. The Kier molecular flexibility index (Phi) is 4.39. The molecule has 1 aromatic heterocycles. The predicted octanol–water partition coefficient (Wildman–Crippen LogP) is 2.58. The Hall–Kier alpha value is -1.88. The first-order valence-corrected chi connectivity index (χ1v) is 7.03. The minimum atomic E-state index is 0.380. The van der Waals surface area contributed by atoms with Gasteiger partial charge in [0.05, 0.1) is 11.3 Å². The molecule has 0 radical (unpaired) electrons. The highest BCUT2D eigenvalue weighted by atomic mass is 32.1. The van der Waals surface area contributed by atoms with Crippen LogP contribution in [0, 0.1) is 6.92 Å². The van der Waals surface area contributed by atoms with Gasteiger partial charge in [-0.2, -0.15) is 5.10 Å². The summed E-state index contributed by atoms with van der Waals surface area (Å²) in [6.45, 7) is 4.91. The molecule has 0 fully saturated rings. The van der Waals surface area contributed by atoms with Crippen LogP contribution in [0.2, 0.25) is 0 Å². The van der Waals surface area contributed by atoms with Crippen LogP contribution in [0.25, 0.3) is 0 Å². The average molecular weight is 288 g/mol. The molecule has 1 aromatic carbocycles. The van der Waals surface area contributed by atoms with Crippen molar-refractivity contribution in [3.05, 3.63) is 47.2 Å². The van der Waals surface area contributed by atoms with Gasteiger partial charge in [0.2, 0.25) is 0 Å². The van der Waals surface area contributed by atoms with Gasteiger partial charge in [0.15, 0.2) is 0 Å². The Labute approximate surface area is 125 Å². The Morgan fingerprint density at radius 3 is 2.65 bits per heavy atom. The number of anilines is 1. The van der Waals surface area contributed by atoms with Crippen LogP contribution in [0.15, 0.2) is 30.3 Å². The van der Waals surface area contributed by atoms with Gasteiger partial charge in [-0.15, -0.1) is 0 Å². The lowest BCUT2D eigenvalue weighted by molar-refractivity contribution is 0.740. The van der Waals surface area contributed by atoms with E-state index in [1.165, 1.54) is 5.56 Å². The lowest BCUT2D eigenvalue weighted by atomic mass is 10.0. The van der Waals surface area contributed by atoms with Gasteiger partial charge in [-0.05, 0) is 18.4 Å². The fraction of sp³-hybridized carbons (Fsp3) is 0.333. The van der Waals surface area contributed by atoms with Crippen LogP contribution in [0.1, 0.15) is 29.7 Å². The molecule has 2 rings (SSSR count). The first kappa shape index (κ1) is 14.5. The number of thiocarbonyl (C=S) groups is 1. The molecule has 0 aliphatic carbocycles. The van der Waals surface area contributed by atoms with Gasteiger partial charge in [-0.25, -0.2) is 0 Å². The van der Waals surface area contributed by atoms with Gasteiger partial charge < -0.3 is 11.1 Å². The van der Waals surface area contributed by atoms with Gasteiger partial charge >= 0.3 is 0 Å².